The first kappa shape index (κ1) is 15.0. The SMILES string of the molecule is COCC(Br)CNC(=O)c1cc(Br)ccc1Cl. The third-order valence-electron chi connectivity index (χ3n) is 2.00. The Bertz CT molecular complexity index is 401. The molecule has 0 aromatic heterocycles. The molecular weight excluding hydrogens is 373 g/mol. The Labute approximate surface area is 122 Å². The highest BCUT2D eigenvalue weighted by atomic mass is 79.9. The lowest BCUT2D eigenvalue weighted by atomic mass is 10.2. The van der Waals surface area contributed by atoms with Gasteiger partial charge in [0.2, 0.25) is 0 Å². The largest absolute Gasteiger partial charge is 0.383 e. The van der Waals surface area contributed by atoms with E-state index in [2.05, 4.69) is 37.2 Å². The third-order valence-corrected chi connectivity index (χ3v) is 3.42. The number of alkyl halides is 1. The van der Waals surface area contributed by atoms with Gasteiger partial charge in [-0.25, -0.2) is 0 Å². The third kappa shape index (κ3) is 4.95. The molecule has 0 heterocycles. The molecule has 6 heteroatoms. The van der Waals surface area contributed by atoms with Gasteiger partial charge in [-0.3, -0.25) is 4.79 Å². The molecule has 0 aliphatic heterocycles. The summed E-state index contributed by atoms with van der Waals surface area (Å²) in [5.41, 5.74) is 0.457. The van der Waals surface area contributed by atoms with Gasteiger partial charge in [0.05, 0.1) is 22.0 Å². The van der Waals surface area contributed by atoms with E-state index in [0.29, 0.717) is 23.7 Å². The van der Waals surface area contributed by atoms with E-state index < -0.39 is 0 Å². The van der Waals surface area contributed by atoms with Gasteiger partial charge in [0.15, 0.2) is 0 Å². The van der Waals surface area contributed by atoms with Crippen LogP contribution in [0.2, 0.25) is 5.02 Å². The number of hydrogen-bond donors (Lipinski definition) is 1. The maximum atomic E-state index is 11.8. The average Bonchev–Trinajstić information content (AvgIpc) is 2.29. The monoisotopic (exact) mass is 383 g/mol. The molecule has 0 bridgehead atoms. The van der Waals surface area contributed by atoms with Crippen LogP contribution in [0, 0.1) is 0 Å². The summed E-state index contributed by atoms with van der Waals surface area (Å²) in [6.45, 7) is 1.02. The molecule has 1 aromatic carbocycles. The molecule has 1 atom stereocenters. The van der Waals surface area contributed by atoms with E-state index in [0.717, 1.165) is 4.47 Å². The van der Waals surface area contributed by atoms with Crippen LogP contribution in [0.25, 0.3) is 0 Å². The fourth-order valence-electron chi connectivity index (χ4n) is 1.21. The summed E-state index contributed by atoms with van der Waals surface area (Å²) in [6.07, 6.45) is 0. The van der Waals surface area contributed by atoms with Gasteiger partial charge < -0.3 is 10.1 Å². The average molecular weight is 385 g/mol. The van der Waals surface area contributed by atoms with Crippen molar-refractivity contribution in [3.8, 4) is 0 Å². The van der Waals surface area contributed by atoms with Gasteiger partial charge in [-0.1, -0.05) is 43.5 Å². The Balaban J connectivity index is 2.61. The minimum atomic E-state index is -0.197. The van der Waals surface area contributed by atoms with Crippen LogP contribution in [0.1, 0.15) is 10.4 Å². The quantitative estimate of drug-likeness (QED) is 0.791. The summed E-state index contributed by atoms with van der Waals surface area (Å²) >= 11 is 12.6. The molecular formula is C11H12Br2ClNO2. The summed E-state index contributed by atoms with van der Waals surface area (Å²) in [5.74, 6) is -0.197. The Morgan fingerprint density at radius 3 is 2.94 bits per heavy atom. The molecule has 17 heavy (non-hydrogen) atoms. The minimum absolute atomic E-state index is 0.0855. The van der Waals surface area contributed by atoms with E-state index in [9.17, 15) is 4.79 Å². The zero-order valence-corrected chi connectivity index (χ0v) is 13.1. The smallest absolute Gasteiger partial charge is 0.252 e. The zero-order valence-electron chi connectivity index (χ0n) is 9.17. The maximum absolute atomic E-state index is 11.8. The van der Waals surface area contributed by atoms with Gasteiger partial charge in [0.25, 0.3) is 5.91 Å². The number of amides is 1. The number of rotatable bonds is 5. The summed E-state index contributed by atoms with van der Waals surface area (Å²) in [6, 6.07) is 5.16. The molecule has 3 nitrogen and oxygen atoms in total. The van der Waals surface area contributed by atoms with Crippen LogP contribution in [-0.4, -0.2) is 31.0 Å². The lowest BCUT2D eigenvalue weighted by Crippen LogP contribution is -2.31. The van der Waals surface area contributed by atoms with Crippen LogP contribution in [0.5, 0.6) is 0 Å². The lowest BCUT2D eigenvalue weighted by molar-refractivity contribution is 0.0950. The molecule has 0 aliphatic carbocycles. The predicted octanol–water partition coefficient (Wildman–Crippen LogP) is 3.24. The Hall–Kier alpha value is -0.100. The van der Waals surface area contributed by atoms with Gasteiger partial charge in [-0.2, -0.15) is 0 Å². The van der Waals surface area contributed by atoms with E-state index in [1.54, 1.807) is 25.3 Å². The van der Waals surface area contributed by atoms with Gasteiger partial charge in [-0.05, 0) is 18.2 Å². The number of benzene rings is 1. The standard InChI is InChI=1S/C11H12Br2ClNO2/c1-17-6-8(13)5-15-11(16)9-4-7(12)2-3-10(9)14/h2-4,8H,5-6H2,1H3,(H,15,16). The fourth-order valence-corrected chi connectivity index (χ4v) is 2.20. The number of methoxy groups -OCH3 is 1. The van der Waals surface area contributed by atoms with Crippen molar-refractivity contribution in [1.82, 2.24) is 5.32 Å². The second-order valence-corrected chi connectivity index (χ2v) is 6.00. The number of halogens is 3. The van der Waals surface area contributed by atoms with E-state index in [1.165, 1.54) is 0 Å². The molecule has 1 rings (SSSR count). The molecule has 1 aromatic rings. The highest BCUT2D eigenvalue weighted by Gasteiger charge is 2.12. The molecule has 0 saturated heterocycles. The summed E-state index contributed by atoms with van der Waals surface area (Å²) in [4.78, 5) is 11.9. The molecule has 0 aliphatic rings. The second kappa shape index (κ2) is 7.36. The fraction of sp³-hybridized carbons (Fsp3) is 0.364. The van der Waals surface area contributed by atoms with Crippen LogP contribution in [0.3, 0.4) is 0 Å². The Morgan fingerprint density at radius 1 is 1.59 bits per heavy atom. The molecule has 0 spiro atoms. The number of hydrogen-bond acceptors (Lipinski definition) is 2. The van der Waals surface area contributed by atoms with E-state index in [-0.39, 0.29) is 10.7 Å². The maximum Gasteiger partial charge on any atom is 0.252 e. The number of nitrogens with one attached hydrogen (secondary N) is 1. The topological polar surface area (TPSA) is 38.3 Å². The van der Waals surface area contributed by atoms with Crippen LogP contribution < -0.4 is 5.32 Å². The summed E-state index contributed by atoms with van der Waals surface area (Å²) < 4.78 is 5.77. The number of carbonyl (C=O) groups excluding carboxylic acids is 1. The first-order valence-electron chi connectivity index (χ1n) is 4.91. The predicted molar refractivity (Wildman–Crippen MR) is 76.1 cm³/mol. The van der Waals surface area contributed by atoms with Crippen molar-refractivity contribution in [3.05, 3.63) is 33.3 Å². The Morgan fingerprint density at radius 2 is 2.29 bits per heavy atom. The highest BCUT2D eigenvalue weighted by molar-refractivity contribution is 9.10. The lowest BCUT2D eigenvalue weighted by Gasteiger charge is -2.11. The Kier molecular flexibility index (Phi) is 6.48. The van der Waals surface area contributed by atoms with Crippen molar-refractivity contribution in [1.29, 1.82) is 0 Å². The number of ether oxygens (including phenoxy) is 1. The van der Waals surface area contributed by atoms with Crippen molar-refractivity contribution in [2.24, 2.45) is 0 Å². The summed E-state index contributed by atoms with van der Waals surface area (Å²) in [5, 5.41) is 3.21. The van der Waals surface area contributed by atoms with E-state index >= 15 is 0 Å². The van der Waals surface area contributed by atoms with E-state index in [1.807, 2.05) is 0 Å². The van der Waals surface area contributed by atoms with Gasteiger partial charge >= 0.3 is 0 Å². The second-order valence-electron chi connectivity index (χ2n) is 3.39. The first-order valence-corrected chi connectivity index (χ1v) is 6.99. The van der Waals surface area contributed by atoms with Crippen LogP contribution in [-0.2, 0) is 4.74 Å². The van der Waals surface area contributed by atoms with Gasteiger partial charge in [0, 0.05) is 18.1 Å². The highest BCUT2D eigenvalue weighted by Crippen LogP contribution is 2.20. The summed E-state index contributed by atoms with van der Waals surface area (Å²) in [7, 11) is 1.61. The van der Waals surface area contributed by atoms with Crippen molar-refractivity contribution >= 4 is 49.4 Å². The van der Waals surface area contributed by atoms with Gasteiger partial charge in [0.1, 0.15) is 0 Å². The van der Waals surface area contributed by atoms with E-state index in [4.69, 9.17) is 16.3 Å². The van der Waals surface area contributed by atoms with Gasteiger partial charge in [-0.15, -0.1) is 0 Å². The van der Waals surface area contributed by atoms with Crippen molar-refractivity contribution in [2.45, 2.75) is 4.83 Å². The molecule has 94 valence electrons. The molecule has 1 N–H and O–H groups in total. The van der Waals surface area contributed by atoms with Crippen LogP contribution in [0.4, 0.5) is 0 Å². The molecule has 0 radical (unpaired) electrons. The number of carbonyl (C=O) groups is 1. The minimum Gasteiger partial charge on any atom is -0.383 e. The van der Waals surface area contributed by atoms with Crippen molar-refractivity contribution < 1.29 is 9.53 Å². The first-order chi connectivity index (χ1) is 8.04. The molecule has 1 amide bonds. The van der Waals surface area contributed by atoms with Crippen LogP contribution >= 0.6 is 43.5 Å². The molecule has 0 fully saturated rings. The van der Waals surface area contributed by atoms with Crippen molar-refractivity contribution in [3.63, 3.8) is 0 Å². The molecule has 1 unspecified atom stereocenters. The zero-order chi connectivity index (χ0) is 12.8. The molecule has 0 saturated carbocycles. The normalized spacial score (nSPS) is 12.2. The van der Waals surface area contributed by atoms with Crippen LogP contribution in [0.15, 0.2) is 22.7 Å². The van der Waals surface area contributed by atoms with Crippen molar-refractivity contribution in [2.75, 3.05) is 20.3 Å².